The van der Waals surface area contributed by atoms with Crippen molar-refractivity contribution in [2.45, 2.75) is 20.4 Å². The summed E-state index contributed by atoms with van der Waals surface area (Å²) in [6.07, 6.45) is 1.40. The number of likely N-dealkylation sites (N-methyl/N-ethyl adjacent to an activating group) is 1. The SMILES string of the molecule is CCN1CCN(c2nc3ncn(CC(=O)Nc4ccc(C)cc4Br)c(=O)c3s2)CC1. The highest BCUT2D eigenvalue weighted by molar-refractivity contribution is 9.10. The number of nitrogens with zero attached hydrogens (tertiary/aromatic N) is 5. The summed E-state index contributed by atoms with van der Waals surface area (Å²) in [5.41, 5.74) is 1.95. The molecular formula is C20H23BrN6O2S. The lowest BCUT2D eigenvalue weighted by Gasteiger charge is -2.33. The quantitative estimate of drug-likeness (QED) is 0.591. The second-order valence-corrected chi connectivity index (χ2v) is 9.11. The molecule has 4 rings (SSSR count). The van der Waals surface area contributed by atoms with Gasteiger partial charge < -0.3 is 15.1 Å². The fourth-order valence-electron chi connectivity index (χ4n) is 3.40. The third-order valence-corrected chi connectivity index (χ3v) is 6.92. The molecule has 2 aromatic heterocycles. The van der Waals surface area contributed by atoms with Gasteiger partial charge in [0.1, 0.15) is 17.6 Å². The Bertz CT molecular complexity index is 1140. The largest absolute Gasteiger partial charge is 0.345 e. The van der Waals surface area contributed by atoms with Crippen molar-refractivity contribution < 1.29 is 4.79 Å². The lowest BCUT2D eigenvalue weighted by atomic mass is 10.2. The molecule has 8 nitrogen and oxygen atoms in total. The Hall–Kier alpha value is -2.30. The summed E-state index contributed by atoms with van der Waals surface area (Å²) in [5.74, 6) is -0.289. The minimum Gasteiger partial charge on any atom is -0.345 e. The molecule has 0 spiro atoms. The molecule has 1 aromatic carbocycles. The lowest BCUT2D eigenvalue weighted by molar-refractivity contribution is -0.116. The van der Waals surface area contributed by atoms with E-state index in [2.05, 4.69) is 47.9 Å². The summed E-state index contributed by atoms with van der Waals surface area (Å²) < 4.78 is 2.61. The van der Waals surface area contributed by atoms with Gasteiger partial charge in [-0.2, -0.15) is 4.98 Å². The normalized spacial score (nSPS) is 15.0. The van der Waals surface area contributed by atoms with Crippen LogP contribution in [0.2, 0.25) is 0 Å². The predicted molar refractivity (Wildman–Crippen MR) is 124 cm³/mol. The summed E-state index contributed by atoms with van der Waals surface area (Å²) in [6.45, 7) is 8.81. The molecule has 3 heterocycles. The summed E-state index contributed by atoms with van der Waals surface area (Å²) in [5, 5.41) is 3.65. The Morgan fingerprint density at radius 2 is 2.03 bits per heavy atom. The van der Waals surface area contributed by atoms with Crippen LogP contribution in [0.1, 0.15) is 12.5 Å². The number of carbonyl (C=O) groups is 1. The van der Waals surface area contributed by atoms with Gasteiger partial charge in [0.25, 0.3) is 5.56 Å². The van der Waals surface area contributed by atoms with Crippen LogP contribution in [-0.2, 0) is 11.3 Å². The van der Waals surface area contributed by atoms with E-state index in [0.29, 0.717) is 16.0 Å². The van der Waals surface area contributed by atoms with Crippen LogP contribution in [0.3, 0.4) is 0 Å². The first-order valence-corrected chi connectivity index (χ1v) is 11.4. The zero-order valence-corrected chi connectivity index (χ0v) is 19.3. The highest BCUT2D eigenvalue weighted by atomic mass is 79.9. The lowest BCUT2D eigenvalue weighted by Crippen LogP contribution is -2.46. The average Bonchev–Trinajstić information content (AvgIpc) is 3.17. The van der Waals surface area contributed by atoms with Crippen molar-refractivity contribution in [3.05, 3.63) is 44.9 Å². The van der Waals surface area contributed by atoms with Crippen LogP contribution in [0.5, 0.6) is 0 Å². The first-order valence-electron chi connectivity index (χ1n) is 9.84. The molecule has 1 N–H and O–H groups in total. The van der Waals surface area contributed by atoms with Gasteiger partial charge >= 0.3 is 0 Å². The van der Waals surface area contributed by atoms with E-state index in [4.69, 9.17) is 0 Å². The van der Waals surface area contributed by atoms with Crippen LogP contribution in [0.15, 0.2) is 33.8 Å². The number of amides is 1. The molecule has 10 heteroatoms. The van der Waals surface area contributed by atoms with E-state index in [1.54, 1.807) is 0 Å². The number of rotatable bonds is 5. The molecule has 0 unspecified atom stereocenters. The van der Waals surface area contributed by atoms with Crippen LogP contribution in [0.4, 0.5) is 10.8 Å². The van der Waals surface area contributed by atoms with Crippen molar-refractivity contribution in [3.8, 4) is 0 Å². The van der Waals surface area contributed by atoms with Gasteiger partial charge in [-0.15, -0.1) is 0 Å². The van der Waals surface area contributed by atoms with Gasteiger partial charge in [0, 0.05) is 30.7 Å². The Morgan fingerprint density at radius 3 is 2.73 bits per heavy atom. The first-order chi connectivity index (χ1) is 14.4. The molecule has 1 aliphatic heterocycles. The highest BCUT2D eigenvalue weighted by Crippen LogP contribution is 2.26. The fraction of sp³-hybridized carbons (Fsp3) is 0.400. The number of nitrogens with one attached hydrogen (secondary N) is 1. The minimum atomic E-state index is -0.289. The number of thiazole rings is 1. The van der Waals surface area contributed by atoms with Gasteiger partial charge in [0.15, 0.2) is 10.8 Å². The number of aryl methyl sites for hydroxylation is 1. The third-order valence-electron chi connectivity index (χ3n) is 5.18. The number of anilines is 2. The van der Waals surface area contributed by atoms with Crippen LogP contribution in [0.25, 0.3) is 10.3 Å². The summed E-state index contributed by atoms with van der Waals surface area (Å²) >= 11 is 4.80. The van der Waals surface area contributed by atoms with E-state index >= 15 is 0 Å². The van der Waals surface area contributed by atoms with Gasteiger partial charge in [0.05, 0.1) is 5.69 Å². The van der Waals surface area contributed by atoms with Gasteiger partial charge in [-0.25, -0.2) is 4.98 Å². The molecule has 0 atom stereocenters. The second-order valence-electron chi connectivity index (χ2n) is 7.28. The van der Waals surface area contributed by atoms with Crippen molar-refractivity contribution in [2.24, 2.45) is 0 Å². The Labute approximate surface area is 186 Å². The minimum absolute atomic E-state index is 0.107. The molecule has 3 aromatic rings. The molecule has 158 valence electrons. The molecule has 0 saturated carbocycles. The van der Waals surface area contributed by atoms with Gasteiger partial charge in [0.2, 0.25) is 5.91 Å². The molecule has 0 aliphatic carbocycles. The molecular weight excluding hydrogens is 468 g/mol. The van der Waals surface area contributed by atoms with Crippen LogP contribution < -0.4 is 15.8 Å². The van der Waals surface area contributed by atoms with E-state index in [1.165, 1.54) is 22.2 Å². The van der Waals surface area contributed by atoms with Crippen LogP contribution in [0, 0.1) is 6.92 Å². The monoisotopic (exact) mass is 490 g/mol. The van der Waals surface area contributed by atoms with Crippen molar-refractivity contribution in [3.63, 3.8) is 0 Å². The summed E-state index contributed by atoms with van der Waals surface area (Å²) in [4.78, 5) is 38.8. The standard InChI is InChI=1S/C20H23BrN6O2S/c1-3-25-6-8-26(9-7-25)20-24-18-17(30-20)19(29)27(12-22-18)11-16(28)23-15-5-4-13(2)10-14(15)21/h4-5,10,12H,3,6-9,11H2,1-2H3,(H,23,28). The summed E-state index contributed by atoms with van der Waals surface area (Å²) in [7, 11) is 0. The van der Waals surface area contributed by atoms with Gasteiger partial charge in [-0.3, -0.25) is 14.2 Å². The Kier molecular flexibility index (Phi) is 6.16. The van der Waals surface area contributed by atoms with E-state index in [-0.39, 0.29) is 18.0 Å². The predicted octanol–water partition coefficient (Wildman–Crippen LogP) is 2.70. The van der Waals surface area contributed by atoms with Crippen LogP contribution in [-0.4, -0.2) is 58.1 Å². The molecule has 1 amide bonds. The van der Waals surface area contributed by atoms with Crippen molar-refractivity contribution in [2.75, 3.05) is 42.9 Å². The first kappa shape index (κ1) is 21.0. The average molecular weight is 491 g/mol. The van der Waals surface area contributed by atoms with Crippen molar-refractivity contribution in [1.29, 1.82) is 0 Å². The maximum atomic E-state index is 12.9. The molecule has 1 saturated heterocycles. The number of aromatic nitrogens is 3. The van der Waals surface area contributed by atoms with Gasteiger partial charge in [-0.05, 0) is 47.1 Å². The zero-order chi connectivity index (χ0) is 21.3. The topological polar surface area (TPSA) is 83.4 Å². The van der Waals surface area contributed by atoms with E-state index in [0.717, 1.165) is 47.9 Å². The molecule has 0 bridgehead atoms. The van der Waals surface area contributed by atoms with Crippen LogP contribution >= 0.6 is 27.3 Å². The van der Waals surface area contributed by atoms with E-state index in [9.17, 15) is 9.59 Å². The number of fused-ring (bicyclic) bond motifs is 1. The number of piperazine rings is 1. The number of halogens is 1. The molecule has 1 fully saturated rings. The molecule has 30 heavy (non-hydrogen) atoms. The number of carbonyl (C=O) groups excluding carboxylic acids is 1. The van der Waals surface area contributed by atoms with E-state index in [1.807, 2.05) is 25.1 Å². The fourth-order valence-corrected chi connectivity index (χ4v) is 5.02. The zero-order valence-electron chi connectivity index (χ0n) is 16.9. The summed E-state index contributed by atoms with van der Waals surface area (Å²) in [6, 6.07) is 5.67. The number of hydrogen-bond acceptors (Lipinski definition) is 7. The Morgan fingerprint density at radius 1 is 1.27 bits per heavy atom. The maximum Gasteiger partial charge on any atom is 0.273 e. The van der Waals surface area contributed by atoms with Crippen molar-refractivity contribution in [1.82, 2.24) is 19.4 Å². The maximum absolute atomic E-state index is 12.9. The Balaban J connectivity index is 1.50. The van der Waals surface area contributed by atoms with E-state index < -0.39 is 0 Å². The molecule has 1 aliphatic rings. The second kappa shape index (κ2) is 8.83. The number of hydrogen-bond donors (Lipinski definition) is 1. The highest BCUT2D eigenvalue weighted by Gasteiger charge is 2.21. The van der Waals surface area contributed by atoms with Crippen molar-refractivity contribution >= 4 is 54.3 Å². The van der Waals surface area contributed by atoms with Gasteiger partial charge in [-0.1, -0.05) is 24.3 Å². The smallest absolute Gasteiger partial charge is 0.273 e. The number of benzene rings is 1. The molecule has 0 radical (unpaired) electrons. The third kappa shape index (κ3) is 4.40.